The van der Waals surface area contributed by atoms with E-state index >= 15 is 0 Å². The van der Waals surface area contributed by atoms with Gasteiger partial charge >= 0.3 is 6.03 Å². The molecule has 1 aromatic carbocycles. The van der Waals surface area contributed by atoms with Crippen LogP contribution >= 0.6 is 0 Å². The van der Waals surface area contributed by atoms with E-state index in [9.17, 15) is 14.4 Å². The molecule has 4 rings (SSSR count). The minimum Gasteiger partial charge on any atom is -0.352 e. The van der Waals surface area contributed by atoms with Crippen LogP contribution in [0.2, 0.25) is 0 Å². The quantitative estimate of drug-likeness (QED) is 0.648. The number of nitrogens with one attached hydrogen (secondary N) is 3. The maximum Gasteiger partial charge on any atom is 0.322 e. The molecule has 2 heterocycles. The minimum atomic E-state index is -0.808. The smallest absolute Gasteiger partial charge is 0.322 e. The number of carbonyl (C=O) groups is 3. The zero-order chi connectivity index (χ0) is 21.0. The number of nitrogens with zero attached hydrogens (tertiary/aromatic N) is 1. The van der Waals surface area contributed by atoms with Crippen molar-refractivity contribution in [3.8, 4) is 0 Å². The summed E-state index contributed by atoms with van der Waals surface area (Å²) in [6.45, 7) is 3.89. The van der Waals surface area contributed by atoms with Crippen LogP contribution in [-0.2, 0) is 22.7 Å². The molecule has 162 valence electrons. The summed E-state index contributed by atoms with van der Waals surface area (Å²) in [5, 5.41) is 8.09. The van der Waals surface area contributed by atoms with Crippen LogP contribution in [0.5, 0.6) is 0 Å². The van der Waals surface area contributed by atoms with Crippen molar-refractivity contribution in [3.63, 3.8) is 0 Å². The predicted molar refractivity (Wildman–Crippen MR) is 113 cm³/mol. The Balaban J connectivity index is 1.22. The van der Waals surface area contributed by atoms with Crippen LogP contribution in [0.25, 0.3) is 0 Å². The summed E-state index contributed by atoms with van der Waals surface area (Å²) in [5.41, 5.74) is 1.61. The van der Waals surface area contributed by atoms with Crippen molar-refractivity contribution in [2.45, 2.75) is 70.0 Å². The van der Waals surface area contributed by atoms with Gasteiger partial charge in [-0.25, -0.2) is 4.79 Å². The number of hydrogen-bond donors (Lipinski definition) is 3. The highest BCUT2D eigenvalue weighted by Gasteiger charge is 2.48. The fourth-order valence-corrected chi connectivity index (χ4v) is 4.90. The van der Waals surface area contributed by atoms with E-state index in [1.807, 2.05) is 0 Å². The standard InChI is InChI=1S/C23H32N4O3/c28-20(19-9-11-23(12-10-19)21(29)25-22(30)26-23)24-15-17-5-7-18(8-6-17)16-27-13-3-1-2-4-14-27/h5-8,19H,1-4,9-16H2,(H,24,28)(H2,25,26,29,30). The molecule has 1 aromatic rings. The van der Waals surface area contributed by atoms with Crippen LogP contribution < -0.4 is 16.0 Å². The third-order valence-electron chi connectivity index (χ3n) is 6.82. The Kier molecular flexibility index (Phi) is 6.37. The van der Waals surface area contributed by atoms with Crippen molar-refractivity contribution in [3.05, 3.63) is 35.4 Å². The molecule has 4 amide bonds. The Morgan fingerprint density at radius 3 is 2.23 bits per heavy atom. The van der Waals surface area contributed by atoms with Gasteiger partial charge in [-0.3, -0.25) is 19.8 Å². The second kappa shape index (κ2) is 9.16. The molecule has 1 saturated carbocycles. The van der Waals surface area contributed by atoms with Crippen LogP contribution in [0.3, 0.4) is 0 Å². The van der Waals surface area contributed by atoms with E-state index in [1.165, 1.54) is 44.3 Å². The number of imide groups is 1. The van der Waals surface area contributed by atoms with Crippen LogP contribution in [0.4, 0.5) is 4.79 Å². The molecular weight excluding hydrogens is 380 g/mol. The lowest BCUT2D eigenvalue weighted by molar-refractivity contribution is -0.130. The van der Waals surface area contributed by atoms with Crippen molar-refractivity contribution in [2.24, 2.45) is 5.92 Å². The molecule has 0 unspecified atom stereocenters. The van der Waals surface area contributed by atoms with Gasteiger partial charge in [0.25, 0.3) is 5.91 Å². The monoisotopic (exact) mass is 412 g/mol. The van der Waals surface area contributed by atoms with Crippen molar-refractivity contribution < 1.29 is 14.4 Å². The van der Waals surface area contributed by atoms with Gasteiger partial charge in [0.15, 0.2) is 0 Å². The van der Waals surface area contributed by atoms with Crippen molar-refractivity contribution in [2.75, 3.05) is 13.1 Å². The van der Waals surface area contributed by atoms with Gasteiger partial charge in [0.05, 0.1) is 0 Å². The molecular formula is C23H32N4O3. The number of amides is 4. The fourth-order valence-electron chi connectivity index (χ4n) is 4.90. The molecule has 0 atom stereocenters. The summed E-state index contributed by atoms with van der Waals surface area (Å²) in [7, 11) is 0. The Morgan fingerprint density at radius 1 is 1.00 bits per heavy atom. The topological polar surface area (TPSA) is 90.5 Å². The summed E-state index contributed by atoms with van der Waals surface area (Å²) in [4.78, 5) is 38.6. The molecule has 2 saturated heterocycles. The van der Waals surface area contributed by atoms with Crippen LogP contribution in [0, 0.1) is 5.92 Å². The van der Waals surface area contributed by atoms with Crippen molar-refractivity contribution in [1.82, 2.24) is 20.9 Å². The molecule has 3 aliphatic rings. The van der Waals surface area contributed by atoms with Gasteiger partial charge in [0.1, 0.15) is 5.54 Å². The van der Waals surface area contributed by atoms with Crippen molar-refractivity contribution >= 4 is 17.8 Å². The average Bonchev–Trinajstić information content (AvgIpc) is 2.91. The minimum absolute atomic E-state index is 0.0308. The number of carbonyl (C=O) groups excluding carboxylic acids is 3. The Hall–Kier alpha value is -2.41. The summed E-state index contributed by atoms with van der Waals surface area (Å²) in [6.07, 6.45) is 7.51. The molecule has 1 aliphatic carbocycles. The lowest BCUT2D eigenvalue weighted by atomic mass is 9.76. The van der Waals surface area contributed by atoms with Gasteiger partial charge in [-0.2, -0.15) is 0 Å². The first kappa shape index (κ1) is 20.8. The summed E-state index contributed by atoms with van der Waals surface area (Å²) in [6, 6.07) is 8.10. The fraction of sp³-hybridized carbons (Fsp3) is 0.609. The lowest BCUT2D eigenvalue weighted by Gasteiger charge is -2.33. The Labute approximate surface area is 178 Å². The number of hydrogen-bond acceptors (Lipinski definition) is 4. The third kappa shape index (κ3) is 4.83. The van der Waals surface area contributed by atoms with Crippen LogP contribution in [0.1, 0.15) is 62.5 Å². The predicted octanol–water partition coefficient (Wildman–Crippen LogP) is 2.45. The van der Waals surface area contributed by atoms with Gasteiger partial charge in [-0.15, -0.1) is 0 Å². The lowest BCUT2D eigenvalue weighted by Crippen LogP contribution is -2.50. The van der Waals surface area contributed by atoms with Gasteiger partial charge < -0.3 is 10.6 Å². The molecule has 3 N–H and O–H groups in total. The maximum atomic E-state index is 12.6. The average molecular weight is 413 g/mol. The number of benzene rings is 1. The van der Waals surface area contributed by atoms with Crippen LogP contribution in [0.15, 0.2) is 24.3 Å². The number of rotatable bonds is 5. The van der Waals surface area contributed by atoms with E-state index in [2.05, 4.69) is 45.1 Å². The van der Waals surface area contributed by atoms with E-state index < -0.39 is 11.6 Å². The van der Waals surface area contributed by atoms with E-state index in [1.54, 1.807) is 0 Å². The Bertz CT molecular complexity index is 776. The van der Waals surface area contributed by atoms with E-state index in [-0.39, 0.29) is 17.7 Å². The second-order valence-electron chi connectivity index (χ2n) is 8.99. The number of urea groups is 1. The summed E-state index contributed by atoms with van der Waals surface area (Å²) >= 11 is 0. The molecule has 0 aromatic heterocycles. The second-order valence-corrected chi connectivity index (χ2v) is 8.99. The van der Waals surface area contributed by atoms with E-state index in [0.717, 1.165) is 12.1 Å². The van der Waals surface area contributed by atoms with E-state index in [4.69, 9.17) is 0 Å². The molecule has 7 heteroatoms. The van der Waals surface area contributed by atoms with Gasteiger partial charge in [-0.1, -0.05) is 37.1 Å². The SMILES string of the molecule is O=C1NC(=O)C2(CCC(C(=O)NCc3ccc(CN4CCCCCC4)cc3)CC2)N1. The first-order valence-corrected chi connectivity index (χ1v) is 11.3. The molecule has 0 bridgehead atoms. The largest absolute Gasteiger partial charge is 0.352 e. The maximum absolute atomic E-state index is 12.6. The Morgan fingerprint density at radius 2 is 1.63 bits per heavy atom. The molecule has 1 spiro atoms. The normalized spacial score (nSPS) is 27.4. The molecule has 2 aliphatic heterocycles. The summed E-state index contributed by atoms with van der Waals surface area (Å²) in [5.74, 6) is -0.335. The molecule has 3 fully saturated rings. The zero-order valence-corrected chi connectivity index (χ0v) is 17.5. The molecule has 30 heavy (non-hydrogen) atoms. The highest BCUT2D eigenvalue weighted by atomic mass is 16.2. The van der Waals surface area contributed by atoms with Gasteiger partial charge in [0.2, 0.25) is 5.91 Å². The molecule has 0 radical (unpaired) electrons. The zero-order valence-electron chi connectivity index (χ0n) is 17.5. The van der Waals surface area contributed by atoms with Gasteiger partial charge in [-0.05, 0) is 62.7 Å². The van der Waals surface area contributed by atoms with E-state index in [0.29, 0.717) is 32.2 Å². The first-order chi connectivity index (χ1) is 14.5. The van der Waals surface area contributed by atoms with Crippen molar-refractivity contribution in [1.29, 1.82) is 0 Å². The summed E-state index contributed by atoms with van der Waals surface area (Å²) < 4.78 is 0. The first-order valence-electron chi connectivity index (χ1n) is 11.3. The number of likely N-dealkylation sites (tertiary alicyclic amines) is 1. The third-order valence-corrected chi connectivity index (χ3v) is 6.82. The van der Waals surface area contributed by atoms with Gasteiger partial charge in [0, 0.05) is 19.0 Å². The van der Waals surface area contributed by atoms with Crippen LogP contribution in [-0.4, -0.2) is 41.4 Å². The molecule has 7 nitrogen and oxygen atoms in total. The highest BCUT2D eigenvalue weighted by molar-refractivity contribution is 6.07. The highest BCUT2D eigenvalue weighted by Crippen LogP contribution is 2.34.